The number of allylic oxidation sites excluding steroid dienone is 4. The smallest absolute Gasteiger partial charge is 0.462 e. The maximum Gasteiger partial charge on any atom is 0.472 e. The van der Waals surface area contributed by atoms with Crippen molar-refractivity contribution in [2.24, 2.45) is 0 Å². The van der Waals surface area contributed by atoms with Crippen molar-refractivity contribution in [3.63, 3.8) is 0 Å². The summed E-state index contributed by atoms with van der Waals surface area (Å²) in [4.78, 5) is 36.0. The number of hydrogen-bond donors (Lipinski definition) is 1. The summed E-state index contributed by atoms with van der Waals surface area (Å²) in [5.41, 5.74) is 0. The van der Waals surface area contributed by atoms with Gasteiger partial charge in [-0.2, -0.15) is 0 Å². The van der Waals surface area contributed by atoms with E-state index in [1.165, 1.54) is 340 Å². The highest BCUT2D eigenvalue weighted by Crippen LogP contribution is 2.43. The molecule has 0 aliphatic carbocycles. The molecule has 522 valence electrons. The van der Waals surface area contributed by atoms with Crippen LogP contribution in [0.2, 0.25) is 0 Å². The summed E-state index contributed by atoms with van der Waals surface area (Å²) in [5, 5.41) is 0. The lowest BCUT2D eigenvalue weighted by molar-refractivity contribution is -0.870. The van der Waals surface area contributed by atoms with Crippen LogP contribution in [0.25, 0.3) is 0 Å². The van der Waals surface area contributed by atoms with Gasteiger partial charge in [-0.15, -0.1) is 0 Å². The van der Waals surface area contributed by atoms with E-state index in [-0.39, 0.29) is 25.6 Å². The van der Waals surface area contributed by atoms with Gasteiger partial charge in [0.2, 0.25) is 0 Å². The molecule has 0 aliphatic rings. The molecule has 1 N–H and O–H groups in total. The minimum atomic E-state index is -4.39. The van der Waals surface area contributed by atoms with Gasteiger partial charge in [-0.25, -0.2) is 4.57 Å². The zero-order valence-corrected chi connectivity index (χ0v) is 60.6. The molecule has 2 atom stereocenters. The van der Waals surface area contributed by atoms with Crippen LogP contribution in [0.1, 0.15) is 412 Å². The first kappa shape index (κ1) is 86.5. The standard InChI is InChI=1S/C78H152NO8P/c1-6-8-10-12-14-16-18-20-22-24-26-28-30-32-34-36-38-39-41-42-44-46-48-50-52-54-56-58-60-62-64-66-68-70-77(80)84-74-76(75-86-88(82,83)85-73-72-79(3,4)5)87-78(81)71-69-67-65-63-61-59-57-55-53-51-49-47-45-43-40-37-35-33-31-29-27-25-23-21-19-17-15-13-11-9-7-2/h19,21,25,27,76H,6-18,20,22-24,26,28-75H2,1-5H3/p+1/b21-19-,27-25-. The fraction of sp³-hybridized carbons (Fsp3) is 0.923. The molecule has 0 radical (unpaired) electrons. The zero-order valence-electron chi connectivity index (χ0n) is 59.8. The lowest BCUT2D eigenvalue weighted by Crippen LogP contribution is -2.37. The highest BCUT2D eigenvalue weighted by Gasteiger charge is 2.27. The fourth-order valence-electron chi connectivity index (χ4n) is 12.0. The van der Waals surface area contributed by atoms with Crippen LogP contribution in [-0.2, 0) is 32.7 Å². The topological polar surface area (TPSA) is 108 Å². The van der Waals surface area contributed by atoms with Crippen LogP contribution in [0.5, 0.6) is 0 Å². The number of rotatable bonds is 74. The molecule has 0 saturated heterocycles. The Balaban J connectivity index is 3.92. The number of carbonyl (C=O) groups excluding carboxylic acids is 2. The van der Waals surface area contributed by atoms with E-state index in [2.05, 4.69) is 38.2 Å². The van der Waals surface area contributed by atoms with Crippen molar-refractivity contribution in [1.29, 1.82) is 0 Å². The summed E-state index contributed by atoms with van der Waals surface area (Å²) in [7, 11) is 1.50. The highest BCUT2D eigenvalue weighted by molar-refractivity contribution is 7.47. The highest BCUT2D eigenvalue weighted by atomic mass is 31.2. The number of ether oxygens (including phenoxy) is 2. The Labute approximate surface area is 549 Å². The fourth-order valence-corrected chi connectivity index (χ4v) is 12.7. The molecule has 0 bridgehead atoms. The number of phosphoric acid groups is 1. The van der Waals surface area contributed by atoms with Gasteiger partial charge in [0.25, 0.3) is 0 Å². The number of unbranched alkanes of at least 4 members (excludes halogenated alkanes) is 56. The second-order valence-electron chi connectivity index (χ2n) is 28.1. The van der Waals surface area contributed by atoms with Crippen LogP contribution in [-0.4, -0.2) is 74.9 Å². The van der Waals surface area contributed by atoms with Crippen LogP contribution >= 0.6 is 7.82 Å². The zero-order chi connectivity index (χ0) is 64.1. The van der Waals surface area contributed by atoms with Crippen LogP contribution < -0.4 is 0 Å². The van der Waals surface area contributed by atoms with E-state index >= 15 is 0 Å². The Hall–Kier alpha value is -1.51. The molecule has 0 aliphatic heterocycles. The molecule has 0 heterocycles. The van der Waals surface area contributed by atoms with Crippen molar-refractivity contribution < 1.29 is 42.1 Å². The number of esters is 2. The minimum Gasteiger partial charge on any atom is -0.462 e. The van der Waals surface area contributed by atoms with Crippen molar-refractivity contribution in [2.75, 3.05) is 47.5 Å². The second-order valence-corrected chi connectivity index (χ2v) is 29.6. The van der Waals surface area contributed by atoms with Gasteiger partial charge < -0.3 is 18.9 Å². The van der Waals surface area contributed by atoms with Gasteiger partial charge in [-0.1, -0.05) is 378 Å². The van der Waals surface area contributed by atoms with Crippen molar-refractivity contribution in [1.82, 2.24) is 0 Å². The van der Waals surface area contributed by atoms with Gasteiger partial charge >= 0.3 is 19.8 Å². The normalized spacial score (nSPS) is 13.1. The van der Waals surface area contributed by atoms with Gasteiger partial charge in [0.15, 0.2) is 6.10 Å². The molecule has 2 unspecified atom stereocenters. The minimum absolute atomic E-state index is 0.0359. The molecule has 0 aromatic carbocycles. The average Bonchev–Trinajstić information content (AvgIpc) is 3.68. The lowest BCUT2D eigenvalue weighted by atomic mass is 10.0. The molecule has 0 saturated carbocycles. The molecule has 9 nitrogen and oxygen atoms in total. The number of nitrogens with zero attached hydrogens (tertiary/aromatic N) is 1. The van der Waals surface area contributed by atoms with Crippen LogP contribution in [0, 0.1) is 0 Å². The number of quaternary nitrogens is 1. The lowest BCUT2D eigenvalue weighted by Gasteiger charge is -2.24. The molecule has 0 rings (SSSR count). The first-order valence-electron chi connectivity index (χ1n) is 39.1. The summed E-state index contributed by atoms with van der Waals surface area (Å²) in [6.45, 7) is 4.51. The van der Waals surface area contributed by atoms with Crippen LogP contribution in [0.15, 0.2) is 24.3 Å². The van der Waals surface area contributed by atoms with E-state index in [4.69, 9.17) is 18.5 Å². The number of likely N-dealkylation sites (N-methyl/N-ethyl adjacent to an activating group) is 1. The SMILES string of the molecule is CCCCCCC/C=C\C/C=C\CCCCCCCCCCCCCCCCCCCCCC(=O)OC(COC(=O)CCCCCCCCCCCCCCCCCCCCCCCCCCCCCCCCCCC)COP(=O)(O)OCC[N+](C)(C)C. The molecular formula is C78H153NO8P+. The Morgan fingerprint density at radius 3 is 0.898 bits per heavy atom. The van der Waals surface area contributed by atoms with Gasteiger partial charge in [0.1, 0.15) is 19.8 Å². The maximum absolute atomic E-state index is 12.9. The van der Waals surface area contributed by atoms with Crippen LogP contribution in [0.3, 0.4) is 0 Å². The second kappa shape index (κ2) is 69.8. The van der Waals surface area contributed by atoms with Gasteiger partial charge in [-0.05, 0) is 44.9 Å². The summed E-state index contributed by atoms with van der Waals surface area (Å²) in [6.07, 6.45) is 89.0. The predicted molar refractivity (Wildman–Crippen MR) is 381 cm³/mol. The summed E-state index contributed by atoms with van der Waals surface area (Å²) in [6, 6.07) is 0. The number of phosphoric ester groups is 1. The first-order valence-corrected chi connectivity index (χ1v) is 40.6. The average molecular weight is 1260 g/mol. The summed E-state index contributed by atoms with van der Waals surface area (Å²) >= 11 is 0. The van der Waals surface area contributed by atoms with E-state index < -0.39 is 26.5 Å². The van der Waals surface area contributed by atoms with Crippen LogP contribution in [0.4, 0.5) is 0 Å². The largest absolute Gasteiger partial charge is 0.472 e. The van der Waals surface area contributed by atoms with E-state index in [1.54, 1.807) is 0 Å². The van der Waals surface area contributed by atoms with Crippen molar-refractivity contribution in [2.45, 2.75) is 418 Å². The summed E-state index contributed by atoms with van der Waals surface area (Å²) in [5.74, 6) is -0.770. The van der Waals surface area contributed by atoms with E-state index in [1.807, 2.05) is 21.1 Å². The Bertz CT molecular complexity index is 1530. The van der Waals surface area contributed by atoms with Crippen molar-refractivity contribution >= 4 is 19.8 Å². The Morgan fingerprint density at radius 2 is 0.614 bits per heavy atom. The van der Waals surface area contributed by atoms with E-state index in [9.17, 15) is 19.0 Å². The third kappa shape index (κ3) is 73.5. The molecule has 0 spiro atoms. The van der Waals surface area contributed by atoms with Gasteiger partial charge in [0, 0.05) is 12.8 Å². The molecule has 10 heteroatoms. The van der Waals surface area contributed by atoms with E-state index in [0.29, 0.717) is 23.9 Å². The molecule has 0 aromatic heterocycles. The molecule has 88 heavy (non-hydrogen) atoms. The quantitative estimate of drug-likeness (QED) is 0.0211. The molecular weight excluding hydrogens is 1110 g/mol. The predicted octanol–water partition coefficient (Wildman–Crippen LogP) is 25.6. The monoisotopic (exact) mass is 1260 g/mol. The number of carbonyl (C=O) groups is 2. The maximum atomic E-state index is 12.9. The van der Waals surface area contributed by atoms with E-state index in [0.717, 1.165) is 38.5 Å². The number of hydrogen-bond acceptors (Lipinski definition) is 7. The van der Waals surface area contributed by atoms with Gasteiger partial charge in [0.05, 0.1) is 27.7 Å². The third-order valence-electron chi connectivity index (χ3n) is 18.0. The first-order chi connectivity index (χ1) is 43.0. The molecule has 0 amide bonds. The van der Waals surface area contributed by atoms with Gasteiger partial charge in [-0.3, -0.25) is 18.6 Å². The Kier molecular flexibility index (Phi) is 68.6. The molecule has 0 aromatic rings. The molecule has 0 fully saturated rings. The van der Waals surface area contributed by atoms with Crippen molar-refractivity contribution in [3.8, 4) is 0 Å². The van der Waals surface area contributed by atoms with Crippen molar-refractivity contribution in [3.05, 3.63) is 24.3 Å². The third-order valence-corrected chi connectivity index (χ3v) is 19.0. The summed E-state index contributed by atoms with van der Waals surface area (Å²) < 4.78 is 34.8. The Morgan fingerprint density at radius 1 is 0.352 bits per heavy atom.